The van der Waals surface area contributed by atoms with Gasteiger partial charge < -0.3 is 9.80 Å². The molecule has 0 radical (unpaired) electrons. The number of hydrogen-bond acceptors (Lipinski definition) is 4. The summed E-state index contributed by atoms with van der Waals surface area (Å²) in [5.74, 6) is -0.482. The lowest BCUT2D eigenvalue weighted by Crippen LogP contribution is -2.26. The zero-order valence-electron chi connectivity index (χ0n) is 16.0. The first-order valence-electron chi connectivity index (χ1n) is 8.99. The van der Waals surface area contributed by atoms with E-state index in [0.717, 1.165) is 33.6 Å². The van der Waals surface area contributed by atoms with Crippen LogP contribution in [0.25, 0.3) is 0 Å². The molecule has 2 aromatic rings. The third-order valence-corrected chi connectivity index (χ3v) is 7.17. The minimum absolute atomic E-state index is 0.238. The summed E-state index contributed by atoms with van der Waals surface area (Å²) >= 11 is 5.56. The minimum atomic E-state index is -0.245. The quantitative estimate of drug-likeness (QED) is 0.327. The summed E-state index contributed by atoms with van der Waals surface area (Å²) in [6.07, 6.45) is 0. The number of hydrogen-bond donors (Lipinski definition) is 0. The number of halogens is 2. The predicted molar refractivity (Wildman–Crippen MR) is 122 cm³/mol. The second-order valence-corrected chi connectivity index (χ2v) is 8.95. The maximum absolute atomic E-state index is 13.4. The molecular formula is C21H24F2N2S3. The molecule has 150 valence electrons. The standard InChI is InChI=1S/C21H24F2N2S3/c1-4-24(14-17-8-6-10-19(22)12-17)16(3)27-28-21(26)25(5-2)15-18-9-7-11-20(23)13-18/h6-13H,3-5,14-15H2,1-2H3. The molecule has 0 unspecified atom stereocenters. The van der Waals surface area contributed by atoms with Crippen molar-refractivity contribution in [1.82, 2.24) is 9.80 Å². The van der Waals surface area contributed by atoms with Crippen LogP contribution in [0.2, 0.25) is 0 Å². The Balaban J connectivity index is 1.90. The van der Waals surface area contributed by atoms with Crippen molar-refractivity contribution in [3.05, 3.63) is 82.9 Å². The van der Waals surface area contributed by atoms with Crippen LogP contribution >= 0.6 is 33.8 Å². The van der Waals surface area contributed by atoms with Crippen molar-refractivity contribution >= 4 is 38.1 Å². The normalized spacial score (nSPS) is 10.6. The third kappa shape index (κ3) is 7.11. The Kier molecular flexibility index (Phi) is 9.28. The van der Waals surface area contributed by atoms with Gasteiger partial charge in [0.25, 0.3) is 0 Å². The van der Waals surface area contributed by atoms with Gasteiger partial charge in [-0.1, -0.05) is 43.1 Å². The van der Waals surface area contributed by atoms with E-state index < -0.39 is 0 Å². The van der Waals surface area contributed by atoms with E-state index in [1.807, 2.05) is 30.9 Å². The minimum Gasteiger partial charge on any atom is -0.362 e. The molecule has 0 atom stereocenters. The highest BCUT2D eigenvalue weighted by Gasteiger charge is 2.14. The van der Waals surface area contributed by atoms with E-state index in [4.69, 9.17) is 12.2 Å². The molecule has 0 saturated heterocycles. The molecule has 0 fully saturated rings. The van der Waals surface area contributed by atoms with Crippen LogP contribution in [0.1, 0.15) is 25.0 Å². The van der Waals surface area contributed by atoms with Crippen LogP contribution in [0, 0.1) is 11.6 Å². The average molecular weight is 439 g/mol. The first-order valence-corrected chi connectivity index (χ1v) is 11.5. The summed E-state index contributed by atoms with van der Waals surface area (Å²) in [6.45, 7) is 10.9. The maximum atomic E-state index is 13.4. The predicted octanol–water partition coefficient (Wildman–Crippen LogP) is 6.45. The molecule has 7 heteroatoms. The molecule has 0 heterocycles. The first kappa shape index (κ1) is 22.7. The Hall–Kier alpha value is -1.57. The lowest BCUT2D eigenvalue weighted by molar-refractivity contribution is 0.381. The number of nitrogens with zero attached hydrogens (tertiary/aromatic N) is 2. The third-order valence-electron chi connectivity index (χ3n) is 4.11. The van der Waals surface area contributed by atoms with E-state index in [0.29, 0.717) is 13.1 Å². The molecule has 0 aliphatic rings. The summed E-state index contributed by atoms with van der Waals surface area (Å²) in [4.78, 5) is 4.11. The van der Waals surface area contributed by atoms with Crippen molar-refractivity contribution < 1.29 is 8.78 Å². The van der Waals surface area contributed by atoms with Gasteiger partial charge in [0.1, 0.15) is 16.0 Å². The molecule has 0 aliphatic carbocycles. The Morgan fingerprint density at radius 1 is 0.893 bits per heavy atom. The summed E-state index contributed by atoms with van der Waals surface area (Å²) in [6, 6.07) is 13.2. The molecule has 0 N–H and O–H groups in total. The van der Waals surface area contributed by atoms with Gasteiger partial charge in [-0.2, -0.15) is 0 Å². The van der Waals surface area contributed by atoms with Crippen LogP contribution in [-0.4, -0.2) is 27.2 Å². The molecule has 0 amide bonds. The Bertz CT molecular complexity index is 746. The molecule has 0 spiro atoms. The molecule has 0 bridgehead atoms. The molecule has 0 aromatic heterocycles. The average Bonchev–Trinajstić information content (AvgIpc) is 2.68. The van der Waals surface area contributed by atoms with Gasteiger partial charge in [-0.15, -0.1) is 0 Å². The fraction of sp³-hybridized carbons (Fsp3) is 0.286. The van der Waals surface area contributed by atoms with Crippen LogP contribution in [0.5, 0.6) is 0 Å². The molecule has 0 saturated carbocycles. The topological polar surface area (TPSA) is 6.48 Å². The Morgan fingerprint density at radius 2 is 1.39 bits per heavy atom. The summed E-state index contributed by atoms with van der Waals surface area (Å²) in [5, 5.41) is 0.862. The second kappa shape index (κ2) is 11.4. The van der Waals surface area contributed by atoms with E-state index in [2.05, 4.69) is 11.5 Å². The van der Waals surface area contributed by atoms with Crippen LogP contribution in [-0.2, 0) is 13.1 Å². The smallest absolute Gasteiger partial charge is 0.147 e. The van der Waals surface area contributed by atoms with Crippen LogP contribution in [0.4, 0.5) is 8.78 Å². The zero-order chi connectivity index (χ0) is 20.5. The summed E-state index contributed by atoms with van der Waals surface area (Å²) in [7, 11) is 2.96. The molecule has 0 aliphatic heterocycles. The molecular weight excluding hydrogens is 414 g/mol. The highest BCUT2D eigenvalue weighted by Crippen LogP contribution is 2.34. The molecule has 2 aromatic carbocycles. The molecule has 28 heavy (non-hydrogen) atoms. The van der Waals surface area contributed by atoms with Gasteiger partial charge in [0, 0.05) is 26.2 Å². The van der Waals surface area contributed by atoms with Crippen molar-refractivity contribution in [1.29, 1.82) is 0 Å². The Morgan fingerprint density at radius 3 is 1.86 bits per heavy atom. The number of benzene rings is 2. The van der Waals surface area contributed by atoms with Crippen LogP contribution in [0.15, 0.2) is 60.1 Å². The summed E-state index contributed by atoms with van der Waals surface area (Å²) in [5.41, 5.74) is 1.78. The maximum Gasteiger partial charge on any atom is 0.147 e. The molecule has 2 rings (SSSR count). The second-order valence-electron chi connectivity index (χ2n) is 6.11. The Labute approximate surface area is 179 Å². The SMILES string of the molecule is C=C(SSC(=S)N(CC)Cc1cccc(F)c1)N(CC)Cc1cccc(F)c1. The fourth-order valence-corrected chi connectivity index (χ4v) is 4.98. The van der Waals surface area contributed by atoms with Crippen molar-refractivity contribution in [2.45, 2.75) is 26.9 Å². The highest BCUT2D eigenvalue weighted by atomic mass is 33.1. The van der Waals surface area contributed by atoms with Gasteiger partial charge in [-0.25, -0.2) is 8.78 Å². The zero-order valence-corrected chi connectivity index (χ0v) is 18.5. The van der Waals surface area contributed by atoms with Crippen LogP contribution < -0.4 is 0 Å². The number of rotatable bonds is 9. The van der Waals surface area contributed by atoms with E-state index in [9.17, 15) is 8.78 Å². The van der Waals surface area contributed by atoms with Crippen molar-refractivity contribution in [2.75, 3.05) is 13.1 Å². The van der Waals surface area contributed by atoms with Crippen molar-refractivity contribution in [3.63, 3.8) is 0 Å². The fourth-order valence-electron chi connectivity index (χ4n) is 2.58. The van der Waals surface area contributed by atoms with Gasteiger partial charge in [-0.3, -0.25) is 0 Å². The lowest BCUT2D eigenvalue weighted by Gasteiger charge is -2.26. The van der Waals surface area contributed by atoms with Gasteiger partial charge in [0.05, 0.1) is 5.03 Å². The van der Waals surface area contributed by atoms with E-state index in [-0.39, 0.29) is 11.6 Å². The van der Waals surface area contributed by atoms with Crippen molar-refractivity contribution in [3.8, 4) is 0 Å². The highest BCUT2D eigenvalue weighted by molar-refractivity contribution is 8.84. The van der Waals surface area contributed by atoms with Gasteiger partial charge in [-0.05, 0) is 70.8 Å². The van der Waals surface area contributed by atoms with E-state index in [1.165, 1.54) is 45.9 Å². The number of thiocarbonyl (C=S) groups is 1. The van der Waals surface area contributed by atoms with Gasteiger partial charge >= 0.3 is 0 Å². The van der Waals surface area contributed by atoms with Gasteiger partial charge in [0.15, 0.2) is 0 Å². The van der Waals surface area contributed by atoms with Crippen molar-refractivity contribution in [2.24, 2.45) is 0 Å². The van der Waals surface area contributed by atoms with Crippen LogP contribution in [0.3, 0.4) is 0 Å². The largest absolute Gasteiger partial charge is 0.362 e. The first-order chi connectivity index (χ1) is 13.4. The van der Waals surface area contributed by atoms with E-state index >= 15 is 0 Å². The molecule has 2 nitrogen and oxygen atoms in total. The lowest BCUT2D eigenvalue weighted by atomic mass is 10.2. The monoisotopic (exact) mass is 438 g/mol. The van der Waals surface area contributed by atoms with Gasteiger partial charge in [0.2, 0.25) is 0 Å². The summed E-state index contributed by atoms with van der Waals surface area (Å²) < 4.78 is 27.5. The van der Waals surface area contributed by atoms with E-state index in [1.54, 1.807) is 12.1 Å².